The number of carbonyl (C=O) groups excluding carboxylic acids is 2. The Bertz CT molecular complexity index is 919. The van der Waals surface area contributed by atoms with Gasteiger partial charge in [0.15, 0.2) is 0 Å². The highest BCUT2D eigenvalue weighted by Gasteiger charge is 2.28. The van der Waals surface area contributed by atoms with Gasteiger partial charge in [-0.1, -0.05) is 48.5 Å². The van der Waals surface area contributed by atoms with Crippen LogP contribution in [0, 0.1) is 0 Å². The summed E-state index contributed by atoms with van der Waals surface area (Å²) in [6.45, 7) is 3.16. The molecule has 0 fully saturated rings. The van der Waals surface area contributed by atoms with E-state index in [-0.39, 0.29) is 37.2 Å². The zero-order valence-corrected chi connectivity index (χ0v) is 18.9. The van der Waals surface area contributed by atoms with Crippen molar-refractivity contribution < 1.29 is 24.2 Å². The first-order valence-corrected chi connectivity index (χ1v) is 11.8. The van der Waals surface area contributed by atoms with E-state index in [9.17, 15) is 14.4 Å². The number of rotatable bonds is 11. The number of amides is 2. The molecule has 0 spiro atoms. The number of hydrogen-bond acceptors (Lipinski definition) is 5. The molecule has 2 N–H and O–H groups in total. The lowest BCUT2D eigenvalue weighted by Crippen LogP contribution is -2.34. The number of nitrogens with zero attached hydrogens (tertiary/aromatic N) is 1. The molecule has 170 valence electrons. The van der Waals surface area contributed by atoms with E-state index < -0.39 is 12.1 Å². The van der Waals surface area contributed by atoms with Gasteiger partial charge < -0.3 is 20.1 Å². The molecule has 0 radical (unpaired) electrons. The Morgan fingerprint density at radius 3 is 2.28 bits per heavy atom. The number of ether oxygens (including phenoxy) is 1. The van der Waals surface area contributed by atoms with E-state index >= 15 is 0 Å². The average Bonchev–Trinajstić information content (AvgIpc) is 3.11. The summed E-state index contributed by atoms with van der Waals surface area (Å²) in [6.07, 6.45) is -0.538. The molecule has 0 bridgehead atoms. The van der Waals surface area contributed by atoms with Crippen molar-refractivity contribution in [3.8, 4) is 11.1 Å². The van der Waals surface area contributed by atoms with Gasteiger partial charge in [0.2, 0.25) is 5.91 Å². The molecule has 0 saturated heterocycles. The minimum atomic E-state index is -0.920. The molecule has 8 heteroatoms. The molecule has 1 aliphatic rings. The van der Waals surface area contributed by atoms with Crippen molar-refractivity contribution in [2.24, 2.45) is 0 Å². The fourth-order valence-corrected chi connectivity index (χ4v) is 4.56. The SMILES string of the molecule is CCN(CCC(=O)O)C(=O)CSCCNC(=O)OCC1c2ccccc2-c2ccccc21. The molecular weight excluding hydrogens is 428 g/mol. The lowest BCUT2D eigenvalue weighted by Gasteiger charge is -2.19. The molecule has 3 rings (SSSR count). The largest absolute Gasteiger partial charge is 0.481 e. The zero-order valence-electron chi connectivity index (χ0n) is 18.1. The van der Waals surface area contributed by atoms with E-state index in [1.165, 1.54) is 38.9 Å². The Morgan fingerprint density at radius 2 is 1.69 bits per heavy atom. The van der Waals surface area contributed by atoms with Gasteiger partial charge in [0.1, 0.15) is 6.61 Å². The van der Waals surface area contributed by atoms with Crippen LogP contribution in [0.2, 0.25) is 0 Å². The van der Waals surface area contributed by atoms with Gasteiger partial charge >= 0.3 is 12.1 Å². The molecule has 32 heavy (non-hydrogen) atoms. The molecule has 1 aliphatic carbocycles. The van der Waals surface area contributed by atoms with Crippen molar-refractivity contribution in [3.05, 3.63) is 59.7 Å². The Hall–Kier alpha value is -3.00. The highest BCUT2D eigenvalue weighted by atomic mass is 32.2. The maximum atomic E-state index is 12.2. The van der Waals surface area contributed by atoms with Crippen LogP contribution >= 0.6 is 11.8 Å². The first-order chi connectivity index (χ1) is 15.5. The van der Waals surface area contributed by atoms with Crippen molar-refractivity contribution >= 4 is 29.7 Å². The number of aliphatic carboxylic acids is 1. The van der Waals surface area contributed by atoms with E-state index in [1.54, 1.807) is 0 Å². The van der Waals surface area contributed by atoms with Crippen LogP contribution in [0.3, 0.4) is 0 Å². The van der Waals surface area contributed by atoms with Crippen LogP contribution in [-0.4, -0.2) is 65.7 Å². The van der Waals surface area contributed by atoms with Crippen molar-refractivity contribution in [2.75, 3.05) is 37.7 Å². The number of carboxylic acid groups (broad SMARTS) is 1. The number of benzene rings is 2. The van der Waals surface area contributed by atoms with Crippen LogP contribution in [0.1, 0.15) is 30.4 Å². The molecule has 2 amide bonds. The number of fused-ring (bicyclic) bond motifs is 3. The standard InChI is InChI=1S/C24H28N2O5S/c1-2-26(13-11-23(28)29)22(27)16-32-14-12-25-24(30)31-15-21-19-9-5-3-7-17(19)18-8-4-6-10-20(18)21/h3-10,21H,2,11-16H2,1H3,(H,25,30)(H,28,29). The van der Waals surface area contributed by atoms with E-state index in [2.05, 4.69) is 29.6 Å². The summed E-state index contributed by atoms with van der Waals surface area (Å²) < 4.78 is 5.49. The van der Waals surface area contributed by atoms with Gasteiger partial charge in [-0.25, -0.2) is 4.79 Å². The summed E-state index contributed by atoms with van der Waals surface area (Å²) >= 11 is 1.40. The van der Waals surface area contributed by atoms with Crippen LogP contribution in [0.4, 0.5) is 4.79 Å². The van der Waals surface area contributed by atoms with Crippen molar-refractivity contribution in [2.45, 2.75) is 19.3 Å². The molecule has 2 aromatic rings. The van der Waals surface area contributed by atoms with E-state index in [0.717, 1.165) is 0 Å². The van der Waals surface area contributed by atoms with Gasteiger partial charge in [-0.15, -0.1) is 0 Å². The number of hydrogen-bond donors (Lipinski definition) is 2. The topological polar surface area (TPSA) is 95.9 Å². The lowest BCUT2D eigenvalue weighted by molar-refractivity contribution is -0.138. The molecule has 0 heterocycles. The quantitative estimate of drug-likeness (QED) is 0.502. The lowest BCUT2D eigenvalue weighted by atomic mass is 9.98. The fraction of sp³-hybridized carbons (Fsp3) is 0.375. The smallest absolute Gasteiger partial charge is 0.407 e. The second-order valence-corrected chi connectivity index (χ2v) is 8.53. The maximum absolute atomic E-state index is 12.2. The predicted molar refractivity (Wildman–Crippen MR) is 125 cm³/mol. The molecule has 0 aromatic heterocycles. The average molecular weight is 457 g/mol. The second-order valence-electron chi connectivity index (χ2n) is 7.42. The van der Waals surface area contributed by atoms with Crippen molar-refractivity contribution in [1.82, 2.24) is 10.2 Å². The number of nitrogens with one attached hydrogen (secondary N) is 1. The van der Waals surface area contributed by atoms with Gasteiger partial charge in [0.25, 0.3) is 0 Å². The first-order valence-electron chi connectivity index (χ1n) is 10.7. The third-order valence-electron chi connectivity index (χ3n) is 5.41. The maximum Gasteiger partial charge on any atom is 0.407 e. The number of carboxylic acids is 1. The third kappa shape index (κ3) is 6.03. The molecular formula is C24H28N2O5S. The first kappa shape index (κ1) is 23.7. The highest BCUT2D eigenvalue weighted by molar-refractivity contribution is 7.99. The minimum absolute atomic E-state index is 0.0194. The minimum Gasteiger partial charge on any atom is -0.481 e. The zero-order chi connectivity index (χ0) is 22.9. The van der Waals surface area contributed by atoms with Crippen molar-refractivity contribution in [3.63, 3.8) is 0 Å². The fourth-order valence-electron chi connectivity index (χ4n) is 3.82. The molecule has 0 saturated carbocycles. The highest BCUT2D eigenvalue weighted by Crippen LogP contribution is 2.44. The molecule has 2 aromatic carbocycles. The van der Waals surface area contributed by atoms with Crippen molar-refractivity contribution in [1.29, 1.82) is 0 Å². The normalized spacial score (nSPS) is 12.0. The summed E-state index contributed by atoms with van der Waals surface area (Å²) in [5.74, 6) is -0.186. The molecule has 7 nitrogen and oxygen atoms in total. The number of alkyl carbamates (subject to hydrolysis) is 1. The summed E-state index contributed by atoms with van der Waals surface area (Å²) in [6, 6.07) is 16.4. The second kappa shape index (κ2) is 11.6. The van der Waals surface area contributed by atoms with Gasteiger partial charge in [-0.3, -0.25) is 9.59 Å². The number of thioether (sulfide) groups is 1. The van der Waals surface area contributed by atoms with Crippen LogP contribution in [0.15, 0.2) is 48.5 Å². The summed E-state index contributed by atoms with van der Waals surface area (Å²) in [7, 11) is 0. The van der Waals surface area contributed by atoms with Gasteiger partial charge in [0, 0.05) is 31.3 Å². The van der Waals surface area contributed by atoms with E-state index in [4.69, 9.17) is 9.84 Å². The Labute approximate surface area is 192 Å². The summed E-state index contributed by atoms with van der Waals surface area (Å²) in [4.78, 5) is 36.5. The van der Waals surface area contributed by atoms with Gasteiger partial charge in [0.05, 0.1) is 12.2 Å². The molecule has 0 atom stereocenters. The summed E-state index contributed by atoms with van der Waals surface area (Å²) in [5.41, 5.74) is 4.70. The number of carbonyl (C=O) groups is 3. The third-order valence-corrected chi connectivity index (χ3v) is 6.36. The van der Waals surface area contributed by atoms with Crippen LogP contribution in [0.5, 0.6) is 0 Å². The molecule has 0 aliphatic heterocycles. The summed E-state index contributed by atoms with van der Waals surface area (Å²) in [5, 5.41) is 11.5. The van der Waals surface area contributed by atoms with Crippen LogP contribution < -0.4 is 5.32 Å². The predicted octanol–water partition coefficient (Wildman–Crippen LogP) is 3.58. The Morgan fingerprint density at radius 1 is 1.06 bits per heavy atom. The monoisotopic (exact) mass is 456 g/mol. The molecule has 0 unspecified atom stereocenters. The van der Waals surface area contributed by atoms with E-state index in [1.807, 2.05) is 31.2 Å². The van der Waals surface area contributed by atoms with E-state index in [0.29, 0.717) is 18.8 Å². The van der Waals surface area contributed by atoms with Crippen LogP contribution in [0.25, 0.3) is 11.1 Å². The van der Waals surface area contributed by atoms with Gasteiger partial charge in [-0.2, -0.15) is 11.8 Å². The van der Waals surface area contributed by atoms with Gasteiger partial charge in [-0.05, 0) is 29.2 Å². The Kier molecular flexibility index (Phi) is 8.56. The Balaban J connectivity index is 1.38. The van der Waals surface area contributed by atoms with Crippen LogP contribution in [-0.2, 0) is 14.3 Å².